The molecule has 21 heavy (non-hydrogen) atoms. The Bertz CT molecular complexity index is 751. The summed E-state index contributed by atoms with van der Waals surface area (Å²) in [5.74, 6) is 1.72. The van der Waals surface area contributed by atoms with Gasteiger partial charge in [-0.3, -0.25) is 4.98 Å². The number of methoxy groups -OCH3 is 1. The predicted molar refractivity (Wildman–Crippen MR) is 84.9 cm³/mol. The van der Waals surface area contributed by atoms with Crippen LogP contribution in [0.15, 0.2) is 54.7 Å². The lowest BCUT2D eigenvalue weighted by molar-refractivity contribution is 0.340. The van der Waals surface area contributed by atoms with Crippen molar-refractivity contribution < 1.29 is 9.47 Å². The Labute approximate surface area is 124 Å². The zero-order chi connectivity index (χ0) is 14.7. The number of aromatic nitrogens is 1. The van der Waals surface area contributed by atoms with E-state index in [2.05, 4.69) is 17.1 Å². The third kappa shape index (κ3) is 2.68. The molecule has 0 radical (unpaired) electrons. The second kappa shape index (κ2) is 5.83. The van der Waals surface area contributed by atoms with Crippen LogP contribution < -0.4 is 9.47 Å². The van der Waals surface area contributed by atoms with Crippen LogP contribution in [-0.4, -0.2) is 18.7 Å². The van der Waals surface area contributed by atoms with Crippen LogP contribution >= 0.6 is 0 Å². The summed E-state index contributed by atoms with van der Waals surface area (Å²) in [6.45, 7) is 2.64. The van der Waals surface area contributed by atoms with Gasteiger partial charge in [0.1, 0.15) is 11.5 Å². The van der Waals surface area contributed by atoms with Gasteiger partial charge < -0.3 is 9.47 Å². The molecule has 3 rings (SSSR count). The smallest absolute Gasteiger partial charge is 0.120 e. The van der Waals surface area contributed by atoms with Gasteiger partial charge in [0.15, 0.2) is 0 Å². The monoisotopic (exact) mass is 279 g/mol. The number of nitrogens with zero attached hydrogens (tertiary/aromatic N) is 1. The van der Waals surface area contributed by atoms with E-state index in [1.807, 2.05) is 49.5 Å². The molecule has 0 atom stereocenters. The van der Waals surface area contributed by atoms with Gasteiger partial charge in [-0.15, -0.1) is 0 Å². The Balaban J connectivity index is 2.13. The van der Waals surface area contributed by atoms with Crippen molar-refractivity contribution in [3.05, 3.63) is 54.7 Å². The average molecular weight is 279 g/mol. The second-order valence-corrected chi connectivity index (χ2v) is 4.70. The summed E-state index contributed by atoms with van der Waals surface area (Å²) >= 11 is 0. The molecule has 0 N–H and O–H groups in total. The summed E-state index contributed by atoms with van der Waals surface area (Å²) in [6.07, 6.45) is 1.84. The van der Waals surface area contributed by atoms with Crippen molar-refractivity contribution in [1.82, 2.24) is 4.98 Å². The summed E-state index contributed by atoms with van der Waals surface area (Å²) < 4.78 is 10.8. The third-order valence-electron chi connectivity index (χ3n) is 3.43. The van der Waals surface area contributed by atoms with Gasteiger partial charge in [0, 0.05) is 11.6 Å². The Morgan fingerprint density at radius 3 is 2.43 bits per heavy atom. The molecule has 0 saturated heterocycles. The van der Waals surface area contributed by atoms with Crippen molar-refractivity contribution in [2.24, 2.45) is 0 Å². The van der Waals surface area contributed by atoms with E-state index < -0.39 is 0 Å². The van der Waals surface area contributed by atoms with Crippen LogP contribution in [-0.2, 0) is 0 Å². The fourth-order valence-electron chi connectivity index (χ4n) is 2.40. The van der Waals surface area contributed by atoms with E-state index in [1.165, 1.54) is 0 Å². The Morgan fingerprint density at radius 1 is 0.952 bits per heavy atom. The van der Waals surface area contributed by atoms with Gasteiger partial charge in [-0.25, -0.2) is 0 Å². The maximum atomic E-state index is 5.59. The molecule has 0 bridgehead atoms. The van der Waals surface area contributed by atoms with Crippen LogP contribution in [0.25, 0.3) is 22.0 Å². The van der Waals surface area contributed by atoms with Crippen molar-refractivity contribution in [1.29, 1.82) is 0 Å². The summed E-state index contributed by atoms with van der Waals surface area (Å²) in [5.41, 5.74) is 3.24. The summed E-state index contributed by atoms with van der Waals surface area (Å²) in [4.78, 5) is 4.42. The van der Waals surface area contributed by atoms with E-state index in [0.29, 0.717) is 6.61 Å². The van der Waals surface area contributed by atoms with E-state index in [4.69, 9.17) is 9.47 Å². The minimum absolute atomic E-state index is 0.656. The molecular weight excluding hydrogens is 262 g/mol. The molecular formula is C18H17NO2. The number of rotatable bonds is 4. The van der Waals surface area contributed by atoms with Crippen LogP contribution in [0.3, 0.4) is 0 Å². The zero-order valence-electron chi connectivity index (χ0n) is 12.2. The first-order valence-electron chi connectivity index (χ1n) is 6.98. The Hall–Kier alpha value is -2.55. The van der Waals surface area contributed by atoms with Crippen LogP contribution in [0.4, 0.5) is 0 Å². The van der Waals surface area contributed by atoms with Crippen molar-refractivity contribution in [3.8, 4) is 22.6 Å². The van der Waals surface area contributed by atoms with Gasteiger partial charge in [0.05, 0.1) is 19.2 Å². The topological polar surface area (TPSA) is 31.4 Å². The first-order chi connectivity index (χ1) is 10.3. The Kier molecular flexibility index (Phi) is 3.73. The molecule has 3 aromatic rings. The molecule has 3 heteroatoms. The first-order valence-corrected chi connectivity index (χ1v) is 6.98. The molecule has 0 aliphatic rings. The molecule has 0 fully saturated rings. The summed E-state index contributed by atoms with van der Waals surface area (Å²) in [7, 11) is 1.67. The standard InChI is InChI=1S/C18H17NO2/c1-3-21-15-8-9-18-17(12-15)16(10-11-19-18)13-4-6-14(20-2)7-5-13/h4-12H,3H2,1-2H3. The van der Waals surface area contributed by atoms with Crippen molar-refractivity contribution in [2.45, 2.75) is 6.92 Å². The van der Waals surface area contributed by atoms with Gasteiger partial charge in [-0.05, 0) is 54.4 Å². The van der Waals surface area contributed by atoms with E-state index in [-0.39, 0.29) is 0 Å². The fourth-order valence-corrected chi connectivity index (χ4v) is 2.40. The molecule has 3 nitrogen and oxygen atoms in total. The number of ether oxygens (including phenoxy) is 2. The highest BCUT2D eigenvalue weighted by molar-refractivity contribution is 5.95. The molecule has 1 aromatic heterocycles. The third-order valence-corrected chi connectivity index (χ3v) is 3.43. The number of fused-ring (bicyclic) bond motifs is 1. The maximum Gasteiger partial charge on any atom is 0.120 e. The number of hydrogen-bond donors (Lipinski definition) is 0. The van der Waals surface area contributed by atoms with Crippen LogP contribution in [0.1, 0.15) is 6.92 Å². The highest BCUT2D eigenvalue weighted by Crippen LogP contribution is 2.31. The molecule has 0 amide bonds. The van der Waals surface area contributed by atoms with Crippen LogP contribution in [0.2, 0.25) is 0 Å². The van der Waals surface area contributed by atoms with E-state index in [0.717, 1.165) is 33.5 Å². The number of hydrogen-bond acceptors (Lipinski definition) is 3. The van der Waals surface area contributed by atoms with Crippen molar-refractivity contribution >= 4 is 10.9 Å². The van der Waals surface area contributed by atoms with Crippen LogP contribution in [0, 0.1) is 0 Å². The number of benzene rings is 2. The largest absolute Gasteiger partial charge is 0.497 e. The molecule has 0 saturated carbocycles. The van der Waals surface area contributed by atoms with Crippen molar-refractivity contribution in [3.63, 3.8) is 0 Å². The quantitative estimate of drug-likeness (QED) is 0.713. The summed E-state index contributed by atoms with van der Waals surface area (Å²) in [5, 5.41) is 1.09. The van der Waals surface area contributed by atoms with E-state index >= 15 is 0 Å². The fraction of sp³-hybridized carbons (Fsp3) is 0.167. The van der Waals surface area contributed by atoms with Gasteiger partial charge in [-0.2, -0.15) is 0 Å². The lowest BCUT2D eigenvalue weighted by Gasteiger charge is -2.09. The SMILES string of the molecule is CCOc1ccc2nccc(-c3ccc(OC)cc3)c2c1. The maximum absolute atomic E-state index is 5.59. The van der Waals surface area contributed by atoms with E-state index in [1.54, 1.807) is 7.11 Å². The first kappa shape index (κ1) is 13.4. The molecule has 2 aromatic carbocycles. The second-order valence-electron chi connectivity index (χ2n) is 4.70. The summed E-state index contributed by atoms with van der Waals surface area (Å²) in [6, 6.07) is 16.1. The van der Waals surface area contributed by atoms with Crippen LogP contribution in [0.5, 0.6) is 11.5 Å². The molecule has 0 spiro atoms. The molecule has 0 aliphatic carbocycles. The molecule has 1 heterocycles. The zero-order valence-corrected chi connectivity index (χ0v) is 12.2. The predicted octanol–water partition coefficient (Wildman–Crippen LogP) is 4.31. The highest BCUT2D eigenvalue weighted by atomic mass is 16.5. The van der Waals surface area contributed by atoms with Gasteiger partial charge >= 0.3 is 0 Å². The molecule has 0 aliphatic heterocycles. The minimum atomic E-state index is 0.656. The number of pyridine rings is 1. The lowest BCUT2D eigenvalue weighted by atomic mass is 10.0. The molecule has 0 unspecified atom stereocenters. The van der Waals surface area contributed by atoms with Crippen molar-refractivity contribution in [2.75, 3.05) is 13.7 Å². The normalized spacial score (nSPS) is 10.6. The highest BCUT2D eigenvalue weighted by Gasteiger charge is 2.06. The molecule has 106 valence electrons. The van der Waals surface area contributed by atoms with E-state index in [9.17, 15) is 0 Å². The van der Waals surface area contributed by atoms with Gasteiger partial charge in [0.25, 0.3) is 0 Å². The van der Waals surface area contributed by atoms with Gasteiger partial charge in [-0.1, -0.05) is 12.1 Å². The average Bonchev–Trinajstić information content (AvgIpc) is 2.55. The Morgan fingerprint density at radius 2 is 1.71 bits per heavy atom. The lowest BCUT2D eigenvalue weighted by Crippen LogP contribution is -1.92. The van der Waals surface area contributed by atoms with Gasteiger partial charge in [0.2, 0.25) is 0 Å². The minimum Gasteiger partial charge on any atom is -0.497 e.